The smallest absolute Gasteiger partial charge is 0.251 e. The van der Waals surface area contributed by atoms with Gasteiger partial charge < -0.3 is 29.0 Å². The molecule has 0 radical (unpaired) electrons. The first-order chi connectivity index (χ1) is 25.9. The van der Waals surface area contributed by atoms with E-state index >= 15 is 0 Å². The summed E-state index contributed by atoms with van der Waals surface area (Å²) < 4.78 is 33.0. The van der Waals surface area contributed by atoms with Crippen molar-refractivity contribution in [1.29, 1.82) is 0 Å². The number of hydrogen-bond donors (Lipinski definition) is 1. The highest BCUT2D eigenvalue weighted by atomic mass is 32.2. The minimum atomic E-state index is -1.23. The Morgan fingerprint density at radius 1 is 0.981 bits per heavy atom. The minimum Gasteiger partial charge on any atom is -0.491 e. The predicted molar refractivity (Wildman–Crippen MR) is 214 cm³/mol. The first-order valence-electron chi connectivity index (χ1n) is 19.2. The van der Waals surface area contributed by atoms with Crippen LogP contribution in [0, 0.1) is 6.92 Å². The van der Waals surface area contributed by atoms with E-state index in [1.165, 1.54) is 6.42 Å². The summed E-state index contributed by atoms with van der Waals surface area (Å²) in [7, 11) is -1.23. The maximum atomic E-state index is 13.8. The summed E-state index contributed by atoms with van der Waals surface area (Å²) in [6.45, 7) is 11.3. The topological polar surface area (TPSA) is 94.9 Å². The number of aryl methyl sites for hydroxylation is 2. The first kappa shape index (κ1) is 38.5. The molecule has 1 unspecified atom stereocenters. The Bertz CT molecular complexity index is 1850. The van der Waals surface area contributed by atoms with E-state index in [1.54, 1.807) is 6.33 Å². The monoisotopic (exact) mass is 738 g/mol. The number of amides is 1. The number of imidazole rings is 1. The average molecular weight is 739 g/mol. The molecule has 53 heavy (non-hydrogen) atoms. The molecule has 1 amide bonds. The maximum Gasteiger partial charge on any atom is 0.251 e. The molecular formula is C43H54N4O5S. The van der Waals surface area contributed by atoms with Gasteiger partial charge in [0.1, 0.15) is 12.4 Å². The highest BCUT2D eigenvalue weighted by Gasteiger charge is 2.23. The molecule has 0 saturated carbocycles. The average Bonchev–Trinajstić information content (AvgIpc) is 3.53. The zero-order valence-corrected chi connectivity index (χ0v) is 32.3. The molecule has 6 rings (SSSR count). The Labute approximate surface area is 317 Å². The number of fused-ring (bicyclic) bond motifs is 1. The second-order valence-corrected chi connectivity index (χ2v) is 15.3. The van der Waals surface area contributed by atoms with Gasteiger partial charge in [0.2, 0.25) is 0 Å². The Kier molecular flexibility index (Phi) is 13.9. The van der Waals surface area contributed by atoms with Crippen LogP contribution in [0.5, 0.6) is 5.75 Å². The standard InChI is InChI=1S/C43H54N4O5S/c1-4-6-23-50-25-26-52-38-17-12-33(13-18-38)34-14-21-41-36(27-34)28-35(10-9-22-47(41)29-39-11-7-8-24-51-39)43(48)45-37-15-19-40(20-16-37)53(49)30-42-32(3)44-31-46(42)5-2/h12-21,27-28,31,39H,4-11,22-26,29-30H2,1-3H3,(H,45,48)/t39-,53?/m0/s1. The number of unbranched alkanes of at least 4 members (excludes halogenated alkanes) is 1. The highest BCUT2D eigenvalue weighted by molar-refractivity contribution is 7.84. The van der Waals surface area contributed by atoms with Crippen LogP contribution in [0.4, 0.5) is 11.4 Å². The van der Waals surface area contributed by atoms with Crippen LogP contribution < -0.4 is 15.0 Å². The summed E-state index contributed by atoms with van der Waals surface area (Å²) in [5.74, 6) is 1.09. The number of carbonyl (C=O) groups is 1. The van der Waals surface area contributed by atoms with Gasteiger partial charge in [-0.2, -0.15) is 0 Å². The van der Waals surface area contributed by atoms with E-state index in [9.17, 15) is 9.00 Å². The fraction of sp³-hybridized carbons (Fsp3) is 0.442. The van der Waals surface area contributed by atoms with Crippen LogP contribution in [-0.4, -0.2) is 65.3 Å². The van der Waals surface area contributed by atoms with E-state index in [2.05, 4.69) is 65.5 Å². The van der Waals surface area contributed by atoms with Crippen LogP contribution >= 0.6 is 0 Å². The van der Waals surface area contributed by atoms with Crippen molar-refractivity contribution in [1.82, 2.24) is 9.55 Å². The Hall–Kier alpha value is -4.25. The van der Waals surface area contributed by atoms with Crippen molar-refractivity contribution in [2.24, 2.45) is 0 Å². The van der Waals surface area contributed by atoms with Gasteiger partial charge >= 0.3 is 0 Å². The summed E-state index contributed by atoms with van der Waals surface area (Å²) >= 11 is 0. The number of carbonyl (C=O) groups excluding carboxylic acids is 1. The second kappa shape index (κ2) is 19.2. The molecule has 0 aliphatic carbocycles. The van der Waals surface area contributed by atoms with Crippen LogP contribution in [0.15, 0.2) is 83.5 Å². The quantitative estimate of drug-likeness (QED) is 0.115. The van der Waals surface area contributed by atoms with Gasteiger partial charge in [0.05, 0.1) is 47.0 Å². The van der Waals surface area contributed by atoms with Crippen LogP contribution in [-0.2, 0) is 37.4 Å². The molecule has 9 nitrogen and oxygen atoms in total. The third-order valence-electron chi connectivity index (χ3n) is 10.0. The summed E-state index contributed by atoms with van der Waals surface area (Å²) in [5.41, 5.74) is 7.57. The van der Waals surface area contributed by atoms with Crippen LogP contribution in [0.1, 0.15) is 75.7 Å². The van der Waals surface area contributed by atoms with Gasteiger partial charge in [-0.3, -0.25) is 9.00 Å². The summed E-state index contributed by atoms with van der Waals surface area (Å²) in [4.78, 5) is 21.4. The van der Waals surface area contributed by atoms with Crippen molar-refractivity contribution < 1.29 is 23.2 Å². The van der Waals surface area contributed by atoms with E-state index in [0.717, 1.165) is 115 Å². The maximum absolute atomic E-state index is 13.8. The van der Waals surface area contributed by atoms with Crippen molar-refractivity contribution in [2.45, 2.75) is 89.0 Å². The molecule has 0 spiro atoms. The van der Waals surface area contributed by atoms with Gasteiger partial charge in [-0.1, -0.05) is 31.5 Å². The molecular weight excluding hydrogens is 685 g/mol. The SMILES string of the molecule is CCCCOCCOc1ccc(-c2ccc3c(c2)C=C(C(=O)Nc2ccc(S(=O)Cc4c(C)ncn4CC)cc2)CCCN3C[C@@H]2CCCCO2)cc1. The molecule has 4 aromatic rings. The lowest BCUT2D eigenvalue weighted by atomic mass is 9.96. The number of nitrogens with zero attached hydrogens (tertiary/aromatic N) is 3. The molecule has 3 aromatic carbocycles. The van der Waals surface area contributed by atoms with E-state index in [4.69, 9.17) is 14.2 Å². The fourth-order valence-electron chi connectivity index (χ4n) is 6.93. The molecule has 2 aliphatic heterocycles. The number of aromatic nitrogens is 2. The molecule has 1 saturated heterocycles. The molecule has 0 bridgehead atoms. The van der Waals surface area contributed by atoms with Crippen molar-refractivity contribution in [3.05, 3.63) is 95.6 Å². The summed E-state index contributed by atoms with van der Waals surface area (Å²) in [5, 5.41) is 3.11. The van der Waals surface area contributed by atoms with Gasteiger partial charge in [-0.15, -0.1) is 0 Å². The second-order valence-electron chi connectivity index (χ2n) is 13.9. The first-order valence-corrected chi connectivity index (χ1v) is 20.6. The number of ether oxygens (including phenoxy) is 3. The number of rotatable bonds is 16. The summed E-state index contributed by atoms with van der Waals surface area (Å²) in [6.07, 6.45) is 11.1. The number of benzene rings is 3. The van der Waals surface area contributed by atoms with Crippen molar-refractivity contribution in [3.8, 4) is 16.9 Å². The molecule has 10 heteroatoms. The molecule has 3 heterocycles. The molecule has 2 aliphatic rings. The molecule has 1 N–H and O–H groups in total. The van der Waals surface area contributed by atoms with E-state index in [0.29, 0.717) is 31.1 Å². The zero-order chi connectivity index (χ0) is 37.0. The Morgan fingerprint density at radius 2 is 1.79 bits per heavy atom. The third kappa shape index (κ3) is 10.5. The van der Waals surface area contributed by atoms with Crippen molar-refractivity contribution in [2.75, 3.05) is 49.7 Å². The van der Waals surface area contributed by atoms with E-state index in [1.807, 2.05) is 47.9 Å². The van der Waals surface area contributed by atoms with Gasteiger partial charge in [0.25, 0.3) is 5.91 Å². The lowest BCUT2D eigenvalue weighted by molar-refractivity contribution is -0.112. The molecule has 1 fully saturated rings. The third-order valence-corrected chi connectivity index (χ3v) is 11.4. The predicted octanol–water partition coefficient (Wildman–Crippen LogP) is 8.57. The van der Waals surface area contributed by atoms with Gasteiger partial charge in [-0.05, 0) is 124 Å². The number of anilines is 2. The van der Waals surface area contributed by atoms with Crippen LogP contribution in [0.2, 0.25) is 0 Å². The number of nitrogens with one attached hydrogen (secondary N) is 1. The summed E-state index contributed by atoms with van der Waals surface area (Å²) in [6, 6.07) is 22.1. The van der Waals surface area contributed by atoms with E-state index < -0.39 is 10.8 Å². The van der Waals surface area contributed by atoms with Gasteiger partial charge in [0.15, 0.2) is 0 Å². The van der Waals surface area contributed by atoms with Gasteiger partial charge in [0, 0.05) is 54.7 Å². The van der Waals surface area contributed by atoms with Crippen LogP contribution in [0.25, 0.3) is 17.2 Å². The fourth-order valence-corrected chi connectivity index (χ4v) is 8.16. The van der Waals surface area contributed by atoms with Crippen LogP contribution in [0.3, 0.4) is 0 Å². The largest absolute Gasteiger partial charge is 0.491 e. The Balaban J connectivity index is 1.18. The minimum absolute atomic E-state index is 0.123. The van der Waals surface area contributed by atoms with E-state index in [-0.39, 0.29) is 12.0 Å². The number of hydrogen-bond acceptors (Lipinski definition) is 7. The molecule has 2 atom stereocenters. The van der Waals surface area contributed by atoms with Crippen molar-refractivity contribution >= 4 is 34.2 Å². The molecule has 282 valence electrons. The van der Waals surface area contributed by atoms with Crippen molar-refractivity contribution in [3.63, 3.8) is 0 Å². The molecule has 1 aromatic heterocycles. The lowest BCUT2D eigenvalue weighted by Gasteiger charge is -2.33. The lowest BCUT2D eigenvalue weighted by Crippen LogP contribution is -2.37. The zero-order valence-electron chi connectivity index (χ0n) is 31.5. The normalized spacial score (nSPS) is 16.6. The highest BCUT2D eigenvalue weighted by Crippen LogP contribution is 2.34. The van der Waals surface area contributed by atoms with Gasteiger partial charge in [-0.25, -0.2) is 4.98 Å². The Morgan fingerprint density at radius 3 is 2.55 bits per heavy atom.